The lowest BCUT2D eigenvalue weighted by Crippen LogP contribution is -2.30. The third kappa shape index (κ3) is 8.53. The molecule has 0 aromatic heterocycles. The standard InChI is InChI=1S/C12H20N2O5S2/c1-20(15,16)9-2-7-14-21(17,18)10-8-19-12-5-3-11(13)4-6-12/h3-6,14H,2,7-10,13H2,1H3. The van der Waals surface area contributed by atoms with Gasteiger partial charge in [0, 0.05) is 18.5 Å². The summed E-state index contributed by atoms with van der Waals surface area (Å²) in [5.41, 5.74) is 6.12. The van der Waals surface area contributed by atoms with Gasteiger partial charge in [-0.2, -0.15) is 0 Å². The maximum absolute atomic E-state index is 11.6. The van der Waals surface area contributed by atoms with Crippen LogP contribution < -0.4 is 15.2 Å². The van der Waals surface area contributed by atoms with Crippen molar-refractivity contribution in [2.24, 2.45) is 0 Å². The topological polar surface area (TPSA) is 116 Å². The zero-order valence-corrected chi connectivity index (χ0v) is 13.4. The van der Waals surface area contributed by atoms with E-state index in [9.17, 15) is 16.8 Å². The Balaban J connectivity index is 2.28. The Morgan fingerprint density at radius 1 is 1.10 bits per heavy atom. The van der Waals surface area contributed by atoms with Crippen LogP contribution in [0, 0.1) is 0 Å². The van der Waals surface area contributed by atoms with Crippen LogP contribution in [0.3, 0.4) is 0 Å². The quantitative estimate of drug-likeness (QED) is 0.484. The minimum Gasteiger partial charge on any atom is -0.492 e. The summed E-state index contributed by atoms with van der Waals surface area (Å²) in [5, 5.41) is 0. The van der Waals surface area contributed by atoms with Crippen LogP contribution in [0.2, 0.25) is 0 Å². The smallest absolute Gasteiger partial charge is 0.214 e. The molecule has 1 aromatic rings. The Kier molecular flexibility index (Phi) is 6.43. The van der Waals surface area contributed by atoms with Crippen molar-refractivity contribution >= 4 is 25.5 Å². The van der Waals surface area contributed by atoms with Gasteiger partial charge in [0.25, 0.3) is 0 Å². The number of sulfone groups is 1. The van der Waals surface area contributed by atoms with E-state index in [4.69, 9.17) is 10.5 Å². The molecule has 0 bridgehead atoms. The molecule has 0 saturated carbocycles. The second kappa shape index (κ2) is 7.62. The zero-order valence-electron chi connectivity index (χ0n) is 11.8. The van der Waals surface area contributed by atoms with Gasteiger partial charge in [-0.25, -0.2) is 21.6 Å². The Morgan fingerprint density at radius 2 is 1.71 bits per heavy atom. The molecule has 0 aliphatic rings. The Bertz CT molecular complexity index is 639. The molecule has 0 fully saturated rings. The molecule has 21 heavy (non-hydrogen) atoms. The molecule has 1 aromatic carbocycles. The third-order valence-electron chi connectivity index (χ3n) is 2.51. The largest absolute Gasteiger partial charge is 0.492 e. The van der Waals surface area contributed by atoms with Crippen molar-refractivity contribution in [3.05, 3.63) is 24.3 Å². The molecule has 3 N–H and O–H groups in total. The summed E-state index contributed by atoms with van der Waals surface area (Å²) in [7, 11) is -6.54. The van der Waals surface area contributed by atoms with Crippen LogP contribution in [0.4, 0.5) is 5.69 Å². The first-order valence-electron chi connectivity index (χ1n) is 6.31. The van der Waals surface area contributed by atoms with Crippen molar-refractivity contribution in [1.82, 2.24) is 4.72 Å². The fourth-order valence-electron chi connectivity index (χ4n) is 1.47. The SMILES string of the molecule is CS(=O)(=O)CCCNS(=O)(=O)CCOc1ccc(N)cc1. The fourth-order valence-corrected chi connectivity index (χ4v) is 3.04. The van der Waals surface area contributed by atoms with Gasteiger partial charge in [0.15, 0.2) is 0 Å². The Hall–Kier alpha value is -1.32. The first kappa shape index (κ1) is 17.7. The molecule has 0 unspecified atom stereocenters. The Morgan fingerprint density at radius 3 is 2.29 bits per heavy atom. The second-order valence-electron chi connectivity index (χ2n) is 4.61. The number of rotatable bonds is 9. The molecule has 120 valence electrons. The molecular formula is C12H20N2O5S2. The van der Waals surface area contributed by atoms with Gasteiger partial charge < -0.3 is 10.5 Å². The van der Waals surface area contributed by atoms with Crippen molar-refractivity contribution in [1.29, 1.82) is 0 Å². The van der Waals surface area contributed by atoms with Crippen LogP contribution in [0.25, 0.3) is 0 Å². The monoisotopic (exact) mass is 336 g/mol. The maximum Gasteiger partial charge on any atom is 0.214 e. The highest BCUT2D eigenvalue weighted by molar-refractivity contribution is 7.90. The van der Waals surface area contributed by atoms with E-state index < -0.39 is 19.9 Å². The van der Waals surface area contributed by atoms with Crippen LogP contribution >= 0.6 is 0 Å². The molecule has 0 aliphatic heterocycles. The summed E-state index contributed by atoms with van der Waals surface area (Å²) in [4.78, 5) is 0. The van der Waals surface area contributed by atoms with E-state index in [1.54, 1.807) is 24.3 Å². The minimum atomic E-state index is -3.47. The average molecular weight is 336 g/mol. The van der Waals surface area contributed by atoms with Gasteiger partial charge in [0.05, 0.1) is 11.5 Å². The molecule has 0 amide bonds. The summed E-state index contributed by atoms with van der Waals surface area (Å²) in [6.07, 6.45) is 1.36. The molecule has 0 saturated heterocycles. The highest BCUT2D eigenvalue weighted by Crippen LogP contribution is 2.12. The number of benzene rings is 1. The molecule has 0 heterocycles. The molecule has 0 atom stereocenters. The number of sulfonamides is 1. The van der Waals surface area contributed by atoms with Crippen LogP contribution in [0.5, 0.6) is 5.75 Å². The number of nitrogens with two attached hydrogens (primary N) is 1. The molecule has 9 heteroatoms. The molecule has 7 nitrogen and oxygen atoms in total. The van der Waals surface area contributed by atoms with E-state index in [0.29, 0.717) is 11.4 Å². The summed E-state index contributed by atoms with van der Waals surface area (Å²) >= 11 is 0. The van der Waals surface area contributed by atoms with Gasteiger partial charge in [-0.3, -0.25) is 0 Å². The zero-order chi connectivity index (χ0) is 15.9. The molecule has 0 radical (unpaired) electrons. The maximum atomic E-state index is 11.6. The fraction of sp³-hybridized carbons (Fsp3) is 0.500. The predicted molar refractivity (Wildman–Crippen MR) is 82.5 cm³/mol. The van der Waals surface area contributed by atoms with E-state index in [1.165, 1.54) is 0 Å². The first-order chi connectivity index (χ1) is 9.68. The summed E-state index contributed by atoms with van der Waals surface area (Å²) in [6, 6.07) is 6.63. The number of anilines is 1. The number of hydrogen-bond acceptors (Lipinski definition) is 6. The van der Waals surface area contributed by atoms with Crippen molar-refractivity contribution in [3.8, 4) is 5.75 Å². The van der Waals surface area contributed by atoms with Crippen molar-refractivity contribution in [2.45, 2.75) is 6.42 Å². The lowest BCUT2D eigenvalue weighted by molar-refractivity contribution is 0.340. The van der Waals surface area contributed by atoms with Crippen LogP contribution in [0.15, 0.2) is 24.3 Å². The van der Waals surface area contributed by atoms with Gasteiger partial charge in [-0.1, -0.05) is 0 Å². The molecule has 1 rings (SSSR count). The van der Waals surface area contributed by atoms with E-state index in [2.05, 4.69) is 4.72 Å². The Labute approximate surface area is 125 Å². The normalized spacial score (nSPS) is 12.2. The van der Waals surface area contributed by atoms with E-state index in [-0.39, 0.29) is 31.1 Å². The van der Waals surface area contributed by atoms with Crippen LogP contribution in [-0.4, -0.2) is 47.7 Å². The van der Waals surface area contributed by atoms with Gasteiger partial charge >= 0.3 is 0 Å². The number of ether oxygens (including phenoxy) is 1. The highest BCUT2D eigenvalue weighted by atomic mass is 32.2. The predicted octanol–water partition coefficient (Wildman–Crippen LogP) is 0.00170. The van der Waals surface area contributed by atoms with Gasteiger partial charge in [-0.15, -0.1) is 0 Å². The minimum absolute atomic E-state index is 0.00529. The lowest BCUT2D eigenvalue weighted by Gasteiger charge is -2.08. The lowest BCUT2D eigenvalue weighted by atomic mass is 10.3. The van der Waals surface area contributed by atoms with Gasteiger partial charge in [0.2, 0.25) is 10.0 Å². The van der Waals surface area contributed by atoms with Crippen molar-refractivity contribution in [2.75, 3.05) is 36.6 Å². The van der Waals surface area contributed by atoms with E-state index in [0.717, 1.165) is 6.26 Å². The van der Waals surface area contributed by atoms with Gasteiger partial charge in [0.1, 0.15) is 22.2 Å². The second-order valence-corrected chi connectivity index (χ2v) is 8.80. The number of hydrogen-bond donors (Lipinski definition) is 2. The van der Waals surface area contributed by atoms with E-state index in [1.807, 2.05) is 0 Å². The van der Waals surface area contributed by atoms with Crippen LogP contribution in [0.1, 0.15) is 6.42 Å². The third-order valence-corrected chi connectivity index (χ3v) is 4.89. The number of nitrogens with one attached hydrogen (secondary N) is 1. The van der Waals surface area contributed by atoms with Crippen molar-refractivity contribution < 1.29 is 21.6 Å². The summed E-state index contributed by atoms with van der Waals surface area (Å²) < 4.78 is 52.7. The molecule has 0 spiro atoms. The number of nitrogen functional groups attached to an aromatic ring is 1. The first-order valence-corrected chi connectivity index (χ1v) is 10.0. The summed E-state index contributed by atoms with van der Waals surface area (Å²) in [5.74, 6) is 0.296. The highest BCUT2D eigenvalue weighted by Gasteiger charge is 2.10. The van der Waals surface area contributed by atoms with Crippen molar-refractivity contribution in [3.63, 3.8) is 0 Å². The molecular weight excluding hydrogens is 316 g/mol. The van der Waals surface area contributed by atoms with E-state index >= 15 is 0 Å². The average Bonchev–Trinajstić information content (AvgIpc) is 2.36. The summed E-state index contributed by atoms with van der Waals surface area (Å²) in [6.45, 7) is 0.0998. The van der Waals surface area contributed by atoms with Crippen LogP contribution in [-0.2, 0) is 19.9 Å². The van der Waals surface area contributed by atoms with Gasteiger partial charge in [-0.05, 0) is 30.7 Å². The molecule has 0 aliphatic carbocycles.